The van der Waals surface area contributed by atoms with Crippen molar-refractivity contribution >= 4 is 50.1 Å². The molecule has 1 aromatic heterocycles. The number of hydrogen-bond donors (Lipinski definition) is 0. The second kappa shape index (κ2) is 5.63. The maximum absolute atomic E-state index is 11.6. The minimum Gasteiger partial charge on any atom is -0.419 e. The van der Waals surface area contributed by atoms with Crippen molar-refractivity contribution in [3.8, 4) is 11.5 Å². The molecule has 0 aliphatic carbocycles. The summed E-state index contributed by atoms with van der Waals surface area (Å²) in [5.74, 6) is 1.16. The first-order chi connectivity index (χ1) is 9.63. The maximum Gasteiger partial charge on any atom is 0.247 e. The molecule has 1 fully saturated rings. The molecule has 0 unspecified atom stereocenters. The average Bonchev–Trinajstić information content (AvgIpc) is 3.02. The summed E-state index contributed by atoms with van der Waals surface area (Å²) >= 11 is 9.82. The molecule has 0 saturated carbocycles. The lowest BCUT2D eigenvalue weighted by Crippen LogP contribution is -2.27. The topological polar surface area (TPSA) is 59.2 Å². The van der Waals surface area contributed by atoms with Gasteiger partial charge in [-0.3, -0.25) is 9.69 Å². The zero-order valence-electron chi connectivity index (χ0n) is 10.1. The van der Waals surface area contributed by atoms with E-state index in [0.717, 1.165) is 10.0 Å². The molecule has 1 aliphatic heterocycles. The Morgan fingerprint density at radius 3 is 2.75 bits per heavy atom. The fourth-order valence-corrected chi connectivity index (χ4v) is 3.03. The summed E-state index contributed by atoms with van der Waals surface area (Å²) in [6.07, 6.45) is 0. The fraction of sp³-hybridized carbons (Fsp3) is 0.167. The van der Waals surface area contributed by atoms with Gasteiger partial charge in [0.25, 0.3) is 0 Å². The zero-order chi connectivity index (χ0) is 14.1. The SMILES string of the molecule is O=C1CSC(=S)N1Cc1nnc(-c2ccc(Br)cc2)o1. The smallest absolute Gasteiger partial charge is 0.247 e. The van der Waals surface area contributed by atoms with Gasteiger partial charge in [-0.2, -0.15) is 0 Å². The van der Waals surface area contributed by atoms with Crippen molar-refractivity contribution in [1.29, 1.82) is 0 Å². The van der Waals surface area contributed by atoms with Gasteiger partial charge in [-0.05, 0) is 24.3 Å². The summed E-state index contributed by atoms with van der Waals surface area (Å²) in [6, 6.07) is 7.55. The van der Waals surface area contributed by atoms with Crippen molar-refractivity contribution in [3.63, 3.8) is 0 Å². The van der Waals surface area contributed by atoms with Crippen LogP contribution in [0.15, 0.2) is 33.2 Å². The van der Waals surface area contributed by atoms with Gasteiger partial charge in [0.2, 0.25) is 17.7 Å². The second-order valence-corrected chi connectivity index (χ2v) is 6.57. The van der Waals surface area contributed by atoms with E-state index in [2.05, 4.69) is 26.1 Å². The quantitative estimate of drug-likeness (QED) is 0.775. The van der Waals surface area contributed by atoms with Crippen molar-refractivity contribution in [2.24, 2.45) is 0 Å². The Bertz CT molecular complexity index is 656. The molecule has 2 aromatic rings. The third-order valence-corrected chi connectivity index (χ3v) is 4.65. The first-order valence-electron chi connectivity index (χ1n) is 5.69. The molecule has 3 rings (SSSR count). The Labute approximate surface area is 132 Å². The van der Waals surface area contributed by atoms with Gasteiger partial charge in [-0.25, -0.2) is 0 Å². The average molecular weight is 370 g/mol. The van der Waals surface area contributed by atoms with Crippen LogP contribution in [0.5, 0.6) is 0 Å². The van der Waals surface area contributed by atoms with E-state index in [0.29, 0.717) is 21.9 Å². The van der Waals surface area contributed by atoms with Gasteiger partial charge >= 0.3 is 0 Å². The fourth-order valence-electron chi connectivity index (χ4n) is 1.70. The maximum atomic E-state index is 11.6. The highest BCUT2D eigenvalue weighted by Crippen LogP contribution is 2.24. The highest BCUT2D eigenvalue weighted by molar-refractivity contribution is 9.10. The predicted molar refractivity (Wildman–Crippen MR) is 83.0 cm³/mol. The molecule has 1 aromatic carbocycles. The number of hydrogen-bond acceptors (Lipinski definition) is 6. The minimum atomic E-state index is -0.0246. The van der Waals surface area contributed by atoms with Crippen LogP contribution in [0.4, 0.5) is 0 Å². The Balaban J connectivity index is 1.78. The number of rotatable bonds is 3. The molecule has 0 bridgehead atoms. The molecule has 2 heterocycles. The number of halogens is 1. The number of carbonyl (C=O) groups is 1. The van der Waals surface area contributed by atoms with E-state index >= 15 is 0 Å². The molecule has 20 heavy (non-hydrogen) atoms. The van der Waals surface area contributed by atoms with Crippen LogP contribution in [0.1, 0.15) is 5.89 Å². The highest BCUT2D eigenvalue weighted by atomic mass is 79.9. The molecular weight excluding hydrogens is 362 g/mol. The van der Waals surface area contributed by atoms with Crippen LogP contribution in [0.2, 0.25) is 0 Å². The summed E-state index contributed by atoms with van der Waals surface area (Å²) in [5, 5.41) is 7.94. The van der Waals surface area contributed by atoms with E-state index in [4.69, 9.17) is 16.6 Å². The summed E-state index contributed by atoms with van der Waals surface area (Å²) in [4.78, 5) is 13.1. The Morgan fingerprint density at radius 1 is 1.35 bits per heavy atom. The third kappa shape index (κ3) is 2.77. The van der Waals surface area contributed by atoms with E-state index in [1.54, 1.807) is 0 Å². The van der Waals surface area contributed by atoms with E-state index < -0.39 is 0 Å². The van der Waals surface area contributed by atoms with Gasteiger partial charge in [0.1, 0.15) is 10.9 Å². The van der Waals surface area contributed by atoms with Crippen LogP contribution in [0, 0.1) is 0 Å². The number of carbonyl (C=O) groups excluding carboxylic acids is 1. The monoisotopic (exact) mass is 369 g/mol. The lowest BCUT2D eigenvalue weighted by molar-refractivity contribution is -0.124. The summed E-state index contributed by atoms with van der Waals surface area (Å²) in [6.45, 7) is 0.230. The lowest BCUT2D eigenvalue weighted by Gasteiger charge is -2.11. The Morgan fingerprint density at radius 2 is 2.10 bits per heavy atom. The molecule has 0 atom stereocenters. The normalized spacial score (nSPS) is 15.2. The van der Waals surface area contributed by atoms with Crippen LogP contribution < -0.4 is 0 Å². The molecule has 0 spiro atoms. The van der Waals surface area contributed by atoms with Gasteiger partial charge in [0.15, 0.2) is 0 Å². The van der Waals surface area contributed by atoms with E-state index in [-0.39, 0.29) is 12.5 Å². The van der Waals surface area contributed by atoms with Crippen molar-refractivity contribution in [1.82, 2.24) is 15.1 Å². The van der Waals surface area contributed by atoms with E-state index in [1.807, 2.05) is 24.3 Å². The largest absolute Gasteiger partial charge is 0.419 e. The van der Waals surface area contributed by atoms with Crippen molar-refractivity contribution < 1.29 is 9.21 Å². The van der Waals surface area contributed by atoms with Crippen molar-refractivity contribution in [2.45, 2.75) is 6.54 Å². The van der Waals surface area contributed by atoms with Gasteiger partial charge < -0.3 is 4.42 Å². The molecule has 1 amide bonds. The molecule has 0 N–H and O–H groups in total. The molecular formula is C12H8BrN3O2S2. The number of benzene rings is 1. The highest BCUT2D eigenvalue weighted by Gasteiger charge is 2.28. The number of thioether (sulfide) groups is 1. The molecule has 8 heteroatoms. The van der Waals surface area contributed by atoms with Crippen LogP contribution in [-0.4, -0.2) is 31.1 Å². The molecule has 1 aliphatic rings. The standard InChI is InChI=1S/C12H8BrN3O2S2/c13-8-3-1-7(2-4-8)11-15-14-9(18-11)5-16-10(17)6-20-12(16)19/h1-4H,5-6H2. The van der Waals surface area contributed by atoms with Gasteiger partial charge in [0, 0.05) is 10.0 Å². The Kier molecular flexibility index (Phi) is 3.86. The zero-order valence-corrected chi connectivity index (χ0v) is 13.3. The third-order valence-electron chi connectivity index (χ3n) is 2.69. The molecule has 102 valence electrons. The first-order valence-corrected chi connectivity index (χ1v) is 7.87. The lowest BCUT2D eigenvalue weighted by atomic mass is 10.2. The number of thiocarbonyl (C=S) groups is 1. The van der Waals surface area contributed by atoms with Crippen LogP contribution in [0.25, 0.3) is 11.5 Å². The first kappa shape index (κ1) is 13.7. The second-order valence-electron chi connectivity index (χ2n) is 4.04. The summed E-state index contributed by atoms with van der Waals surface area (Å²) < 4.78 is 7.10. The van der Waals surface area contributed by atoms with Gasteiger partial charge in [0.05, 0.1) is 5.75 Å². The minimum absolute atomic E-state index is 0.0246. The number of nitrogens with zero attached hydrogens (tertiary/aromatic N) is 3. The predicted octanol–water partition coefficient (Wildman–Crippen LogP) is 2.86. The van der Waals surface area contributed by atoms with E-state index in [1.165, 1.54) is 16.7 Å². The Hall–Kier alpha value is -1.25. The summed E-state index contributed by atoms with van der Waals surface area (Å²) in [5.41, 5.74) is 0.830. The van der Waals surface area contributed by atoms with Crippen LogP contribution in [0.3, 0.4) is 0 Å². The van der Waals surface area contributed by atoms with Gasteiger partial charge in [-0.1, -0.05) is 39.9 Å². The number of amides is 1. The number of aromatic nitrogens is 2. The van der Waals surface area contributed by atoms with Crippen molar-refractivity contribution in [3.05, 3.63) is 34.6 Å². The van der Waals surface area contributed by atoms with Gasteiger partial charge in [-0.15, -0.1) is 10.2 Å². The van der Waals surface area contributed by atoms with Crippen molar-refractivity contribution in [2.75, 3.05) is 5.75 Å². The van der Waals surface area contributed by atoms with E-state index in [9.17, 15) is 4.79 Å². The molecule has 1 saturated heterocycles. The summed E-state index contributed by atoms with van der Waals surface area (Å²) in [7, 11) is 0. The molecule has 0 radical (unpaired) electrons. The van der Waals surface area contributed by atoms with Crippen LogP contribution in [-0.2, 0) is 11.3 Å². The molecule has 5 nitrogen and oxygen atoms in total. The van der Waals surface area contributed by atoms with Crippen LogP contribution >= 0.6 is 39.9 Å².